The van der Waals surface area contributed by atoms with E-state index < -0.39 is 0 Å². The molecule has 6 aromatic carbocycles. The van der Waals surface area contributed by atoms with Crippen LogP contribution in [-0.4, -0.2) is 9.55 Å². The van der Waals surface area contributed by atoms with Crippen LogP contribution in [0.5, 0.6) is 11.5 Å². The first-order valence-corrected chi connectivity index (χ1v) is 25.1. The van der Waals surface area contributed by atoms with Gasteiger partial charge in [-0.3, -0.25) is 0 Å². The Hall–Kier alpha value is -5.64. The van der Waals surface area contributed by atoms with Crippen molar-refractivity contribution in [2.75, 3.05) is 9.80 Å². The van der Waals surface area contributed by atoms with Crippen LogP contribution in [-0.2, 0) is 53.6 Å². The molecular weight excluding hydrogens is 1050 g/mol. The van der Waals surface area contributed by atoms with Crippen LogP contribution in [0.15, 0.2) is 128 Å². The maximum absolute atomic E-state index is 7.07. The number of pyridine rings is 1. The van der Waals surface area contributed by atoms with Gasteiger partial charge in [0.15, 0.2) is 0 Å². The van der Waals surface area contributed by atoms with Gasteiger partial charge in [0, 0.05) is 61.3 Å². The van der Waals surface area contributed by atoms with Gasteiger partial charge >= 0.3 is 0 Å². The summed E-state index contributed by atoms with van der Waals surface area (Å²) in [5.74, 6) is 2.07. The molecule has 1 aliphatic rings. The summed E-state index contributed by atoms with van der Waals surface area (Å²) >= 11 is 0. The van der Waals surface area contributed by atoms with Crippen molar-refractivity contribution in [2.24, 2.45) is 0 Å². The molecule has 0 aliphatic carbocycles. The quantitative estimate of drug-likeness (QED) is 0.149. The molecule has 0 amide bonds. The third kappa shape index (κ3) is 9.98. The first-order chi connectivity index (χ1) is 32.6. The average Bonchev–Trinajstić information content (AvgIpc) is 3.83. The molecule has 0 radical (unpaired) electrons. The molecule has 0 fully saturated rings. The predicted octanol–water partition coefficient (Wildman–Crippen LogP) is 17.8. The molecule has 3 heterocycles. The fourth-order valence-electron chi connectivity index (χ4n) is 9.85. The summed E-state index contributed by atoms with van der Waals surface area (Å²) in [7, 11) is 0. The van der Waals surface area contributed by atoms with Crippen LogP contribution in [0.25, 0.3) is 27.6 Å². The van der Waals surface area contributed by atoms with E-state index in [-0.39, 0.29) is 53.6 Å². The molecule has 0 unspecified atom stereocenters. The van der Waals surface area contributed by atoms with E-state index in [4.69, 9.17) is 9.72 Å². The minimum absolute atomic E-state index is 0. The number of rotatable bonds is 7. The summed E-state index contributed by atoms with van der Waals surface area (Å²) in [6, 6.07) is 52.0. The van der Waals surface area contributed by atoms with Crippen LogP contribution >= 0.6 is 0 Å². The molecule has 0 bridgehead atoms. The Morgan fingerprint density at radius 2 is 1.04 bits per heavy atom. The van der Waals surface area contributed by atoms with E-state index in [1.165, 1.54) is 33.4 Å². The van der Waals surface area contributed by atoms with Crippen molar-refractivity contribution in [3.63, 3.8) is 0 Å². The maximum atomic E-state index is 7.07. The molecular formula is C65H73N4OPt-3. The van der Waals surface area contributed by atoms with Gasteiger partial charge < -0.3 is 19.1 Å². The molecule has 0 saturated carbocycles. The van der Waals surface area contributed by atoms with E-state index in [1.807, 2.05) is 12.3 Å². The van der Waals surface area contributed by atoms with E-state index in [0.29, 0.717) is 11.5 Å². The standard InChI is InChI=1S/C65H73N4O.Pt/c1-60(2,3)43-29-30-66-59(36-43)69-55-26-22-21-25-51(55)52-28-27-49(38-56(52)69)70-50-35-46(65(16,17)42-23-19-18-20-24-42)34-48(37-50)68-41-67(47-32-44(61(4,5)6)31-45(33-47)62(7,8)9)57-39-53(63(10,11)12)54(40-58(57)68)64(13,14)15;/h18-36,39-41H,1-17H3;/q-3;. The van der Waals surface area contributed by atoms with Gasteiger partial charge in [0.05, 0.1) is 0 Å². The number of aromatic nitrogens is 2. The third-order valence-corrected chi connectivity index (χ3v) is 14.3. The van der Waals surface area contributed by atoms with E-state index in [1.54, 1.807) is 0 Å². The number of fused-ring (bicyclic) bond motifs is 4. The Morgan fingerprint density at radius 1 is 0.465 bits per heavy atom. The monoisotopic (exact) mass is 1120 g/mol. The topological polar surface area (TPSA) is 33.5 Å². The van der Waals surface area contributed by atoms with Crippen molar-refractivity contribution in [1.82, 2.24) is 9.55 Å². The fourth-order valence-corrected chi connectivity index (χ4v) is 9.85. The number of hydrogen-bond donors (Lipinski definition) is 0. The Balaban J connectivity index is 0.00000676. The number of ether oxygens (including phenoxy) is 1. The van der Waals surface area contributed by atoms with Crippen LogP contribution in [0.2, 0.25) is 0 Å². The van der Waals surface area contributed by atoms with E-state index in [9.17, 15) is 0 Å². The van der Waals surface area contributed by atoms with Crippen LogP contribution in [0, 0.1) is 18.8 Å². The van der Waals surface area contributed by atoms with Gasteiger partial charge in [0.1, 0.15) is 5.82 Å². The number of anilines is 4. The molecule has 372 valence electrons. The molecule has 0 saturated heterocycles. The Labute approximate surface area is 439 Å². The normalized spacial score (nSPS) is 13.8. The van der Waals surface area contributed by atoms with E-state index in [2.05, 4.69) is 266 Å². The molecule has 9 rings (SSSR count). The van der Waals surface area contributed by atoms with E-state index >= 15 is 0 Å². The van der Waals surface area contributed by atoms with Gasteiger partial charge in [0.25, 0.3) is 0 Å². The van der Waals surface area contributed by atoms with Gasteiger partial charge in [-0.05, 0) is 114 Å². The van der Waals surface area contributed by atoms with Crippen LogP contribution in [0.1, 0.15) is 157 Å². The molecule has 0 atom stereocenters. The molecule has 6 heteroatoms. The van der Waals surface area contributed by atoms with E-state index in [0.717, 1.165) is 55.9 Å². The summed E-state index contributed by atoms with van der Waals surface area (Å²) in [6.45, 7) is 41.5. The summed E-state index contributed by atoms with van der Waals surface area (Å²) in [6.07, 6.45) is 1.92. The molecule has 8 aromatic rings. The van der Waals surface area contributed by atoms with Crippen molar-refractivity contribution in [1.29, 1.82) is 0 Å². The first-order valence-electron chi connectivity index (χ1n) is 25.1. The van der Waals surface area contributed by atoms with Crippen molar-refractivity contribution in [3.05, 3.63) is 185 Å². The summed E-state index contributed by atoms with van der Waals surface area (Å²) < 4.78 is 9.29. The Bertz CT molecular complexity index is 3240. The number of nitrogens with zero attached hydrogens (tertiary/aromatic N) is 4. The second-order valence-electron chi connectivity index (χ2n) is 25.3. The Kier molecular flexibility index (Phi) is 13.2. The van der Waals surface area contributed by atoms with Crippen LogP contribution < -0.4 is 14.5 Å². The molecule has 71 heavy (non-hydrogen) atoms. The van der Waals surface area contributed by atoms with Crippen LogP contribution in [0.4, 0.5) is 22.7 Å². The SMILES string of the molecule is CC(C)(C)c1cc(N2[CH-]N(c3[c-]c(Oc4[c-]c5c(cc4)c4ccccc4n5-c4cc(C(C)(C)C)ccn4)cc(C(C)(C)c4ccccc4)c3)c3cc(C(C)(C)C)c(C(C)(C)C)cc32)cc(C(C)(C)C)c1.[Pt]. The molecule has 2 aromatic heterocycles. The fraction of sp³-hybridized carbons (Fsp3) is 0.354. The van der Waals surface area contributed by atoms with Gasteiger partial charge in [-0.1, -0.05) is 178 Å². The van der Waals surface area contributed by atoms with Crippen molar-refractivity contribution < 1.29 is 25.8 Å². The summed E-state index contributed by atoms with van der Waals surface area (Å²) in [5.41, 5.74) is 14.4. The zero-order valence-electron chi connectivity index (χ0n) is 45.2. The average molecular weight is 1120 g/mol. The Morgan fingerprint density at radius 3 is 1.63 bits per heavy atom. The number of benzene rings is 6. The zero-order chi connectivity index (χ0) is 50.5. The van der Waals surface area contributed by atoms with Gasteiger partial charge in [-0.15, -0.1) is 53.6 Å². The predicted molar refractivity (Wildman–Crippen MR) is 296 cm³/mol. The minimum atomic E-state index is -0.384. The van der Waals surface area contributed by atoms with Gasteiger partial charge in [-0.2, -0.15) is 6.07 Å². The number of para-hydroxylation sites is 1. The smallest absolute Gasteiger partial charge is 0.135 e. The molecule has 0 spiro atoms. The molecule has 5 nitrogen and oxygen atoms in total. The van der Waals surface area contributed by atoms with Crippen molar-refractivity contribution >= 4 is 44.6 Å². The van der Waals surface area contributed by atoms with Crippen molar-refractivity contribution in [3.8, 4) is 17.3 Å². The molecule has 1 aliphatic heterocycles. The minimum Gasteiger partial charge on any atom is -0.509 e. The van der Waals surface area contributed by atoms with Gasteiger partial charge in [0.2, 0.25) is 0 Å². The maximum Gasteiger partial charge on any atom is 0.135 e. The van der Waals surface area contributed by atoms with Crippen LogP contribution in [0.3, 0.4) is 0 Å². The van der Waals surface area contributed by atoms with Crippen molar-refractivity contribution in [2.45, 2.75) is 150 Å². The summed E-state index contributed by atoms with van der Waals surface area (Å²) in [5, 5.41) is 2.23. The second-order valence-corrected chi connectivity index (χ2v) is 25.3. The third-order valence-electron chi connectivity index (χ3n) is 14.3. The zero-order valence-corrected chi connectivity index (χ0v) is 47.5. The largest absolute Gasteiger partial charge is 0.509 e. The molecule has 0 N–H and O–H groups in total. The number of hydrogen-bond acceptors (Lipinski definition) is 4. The van der Waals surface area contributed by atoms with Gasteiger partial charge in [-0.25, -0.2) is 4.98 Å². The second kappa shape index (κ2) is 18.1. The first kappa shape index (κ1) is 51.7. The summed E-state index contributed by atoms with van der Waals surface area (Å²) in [4.78, 5) is 9.69.